The van der Waals surface area contributed by atoms with E-state index >= 15 is 0 Å². The van der Waals surface area contributed by atoms with Gasteiger partial charge in [0.2, 0.25) is 5.91 Å². The summed E-state index contributed by atoms with van der Waals surface area (Å²) in [6.45, 7) is 2.89. The summed E-state index contributed by atoms with van der Waals surface area (Å²) in [7, 11) is 0. The quantitative estimate of drug-likeness (QED) is 0.0259. The number of hydrogen-bond acceptors (Lipinski definition) is 13. The lowest BCUT2D eigenvalue weighted by Crippen LogP contribution is -2.65. The van der Waals surface area contributed by atoms with Crippen molar-refractivity contribution in [1.82, 2.24) is 5.32 Å². The number of carbonyl (C=O) groups excluding carboxylic acids is 1. The van der Waals surface area contributed by atoms with E-state index in [2.05, 4.69) is 19.2 Å². The molecule has 73 heavy (non-hydrogen) atoms. The van der Waals surface area contributed by atoms with Crippen LogP contribution in [0.15, 0.2) is 0 Å². The molecule has 2 aliphatic heterocycles. The molecule has 0 aromatic rings. The molecule has 2 rings (SSSR count). The van der Waals surface area contributed by atoms with Crippen LogP contribution < -0.4 is 5.32 Å². The first kappa shape index (κ1) is 68.1. The highest BCUT2D eigenvalue weighted by atomic mass is 16.7. The minimum atomic E-state index is -1.78. The Morgan fingerprint density at radius 1 is 0.438 bits per heavy atom. The molecule has 2 saturated heterocycles. The van der Waals surface area contributed by atoms with Gasteiger partial charge in [-0.1, -0.05) is 258 Å². The van der Waals surface area contributed by atoms with E-state index in [0.717, 1.165) is 51.4 Å². The molecule has 0 aromatic heterocycles. The number of rotatable bonds is 50. The van der Waals surface area contributed by atoms with E-state index in [-0.39, 0.29) is 12.5 Å². The number of aliphatic hydroxyl groups excluding tert-OH is 8. The Morgan fingerprint density at radius 2 is 0.781 bits per heavy atom. The molecule has 2 aliphatic rings. The molecule has 0 aliphatic carbocycles. The number of nitrogens with one attached hydrogen (secondary N) is 1. The molecule has 0 spiro atoms. The molecule has 434 valence electrons. The predicted molar refractivity (Wildman–Crippen MR) is 291 cm³/mol. The van der Waals surface area contributed by atoms with Crippen LogP contribution in [0, 0.1) is 0 Å². The van der Waals surface area contributed by atoms with Gasteiger partial charge in [0.15, 0.2) is 12.6 Å². The lowest BCUT2D eigenvalue weighted by molar-refractivity contribution is -0.359. The van der Waals surface area contributed by atoms with E-state index in [9.17, 15) is 45.6 Å². The molecule has 12 unspecified atom stereocenters. The summed E-state index contributed by atoms with van der Waals surface area (Å²) in [5.74, 6) is -0.202. The summed E-state index contributed by atoms with van der Waals surface area (Å²) in [6.07, 6.45) is 34.0. The summed E-state index contributed by atoms with van der Waals surface area (Å²) in [5, 5.41) is 87.2. The zero-order valence-corrected chi connectivity index (χ0v) is 46.7. The minimum absolute atomic E-state index is 0.202. The van der Waals surface area contributed by atoms with E-state index in [1.807, 2.05) is 0 Å². The van der Waals surface area contributed by atoms with Gasteiger partial charge in [-0.05, 0) is 12.8 Å². The summed E-state index contributed by atoms with van der Waals surface area (Å²) in [6, 6.07) is -0.822. The van der Waals surface area contributed by atoms with Crippen LogP contribution in [0.2, 0.25) is 0 Å². The fraction of sp³-hybridized carbons (Fsp3) is 0.983. The molecule has 0 bridgehead atoms. The molecule has 14 nitrogen and oxygen atoms in total. The number of aliphatic hydroxyl groups is 8. The fourth-order valence-electron chi connectivity index (χ4n) is 10.6. The summed E-state index contributed by atoms with van der Waals surface area (Å²) < 4.78 is 22.8. The average Bonchev–Trinajstić information content (AvgIpc) is 3.39. The van der Waals surface area contributed by atoms with Gasteiger partial charge in [-0.15, -0.1) is 0 Å². The van der Waals surface area contributed by atoms with Crippen LogP contribution in [0.1, 0.15) is 277 Å². The van der Waals surface area contributed by atoms with Gasteiger partial charge in [-0.25, -0.2) is 0 Å². The molecule has 2 heterocycles. The van der Waals surface area contributed by atoms with Crippen LogP contribution >= 0.6 is 0 Å². The molecule has 0 radical (unpaired) electrons. The van der Waals surface area contributed by atoms with E-state index in [1.54, 1.807) is 0 Å². The monoisotopic (exact) mass is 1050 g/mol. The molecule has 12 atom stereocenters. The molecule has 9 N–H and O–H groups in total. The lowest BCUT2D eigenvalue weighted by Gasteiger charge is -2.46. The van der Waals surface area contributed by atoms with E-state index in [4.69, 9.17) is 18.9 Å². The van der Waals surface area contributed by atoms with Crippen molar-refractivity contribution >= 4 is 5.91 Å². The maximum Gasteiger partial charge on any atom is 0.220 e. The smallest absolute Gasteiger partial charge is 0.220 e. The molecule has 14 heteroatoms. The van der Waals surface area contributed by atoms with Crippen LogP contribution in [0.5, 0.6) is 0 Å². The predicted octanol–water partition coefficient (Wildman–Crippen LogP) is 10.5. The van der Waals surface area contributed by atoms with Gasteiger partial charge in [0, 0.05) is 6.42 Å². The normalized spacial score (nSPS) is 25.3. The fourth-order valence-corrected chi connectivity index (χ4v) is 10.6. The van der Waals surface area contributed by atoms with Crippen molar-refractivity contribution in [3.05, 3.63) is 0 Å². The third-order valence-corrected chi connectivity index (χ3v) is 15.6. The Balaban J connectivity index is 1.69. The lowest BCUT2D eigenvalue weighted by atomic mass is 9.97. The standard InChI is InChI=1S/C59H115NO13/c1-3-5-7-9-11-13-15-17-18-19-20-21-22-23-24-25-26-27-28-29-31-32-34-36-38-40-42-48(63)47(60-51(64)43-41-39-37-35-33-30-16-14-12-10-8-6-4-2)46-70-58-56(69)54(67)57(50(45-62)72-58)73-59-55(68)53(66)52(65)49(44-61)71-59/h47-50,52-59,61-63,65-69H,3-46H2,1-2H3,(H,60,64). The second-order valence-electron chi connectivity index (χ2n) is 22.2. The van der Waals surface area contributed by atoms with E-state index < -0.39 is 86.8 Å². The van der Waals surface area contributed by atoms with Gasteiger partial charge in [0.25, 0.3) is 0 Å². The second-order valence-corrected chi connectivity index (χ2v) is 22.2. The summed E-state index contributed by atoms with van der Waals surface area (Å²) in [5.41, 5.74) is 0. The van der Waals surface area contributed by atoms with Crippen LogP contribution in [-0.2, 0) is 23.7 Å². The maximum absolute atomic E-state index is 13.2. The highest BCUT2D eigenvalue weighted by molar-refractivity contribution is 5.76. The Kier molecular flexibility index (Phi) is 42.9. The number of unbranched alkanes of at least 4 members (excludes halogenated alkanes) is 37. The SMILES string of the molecule is CCCCCCCCCCCCCCCCCCCCCCCCCCCCC(O)C(COC1OC(CO)C(OC2OC(CO)C(O)C(O)C2O)C(O)C1O)NC(=O)CCCCCCCCCCCCCCC. The van der Waals surface area contributed by atoms with Crippen molar-refractivity contribution in [1.29, 1.82) is 0 Å². The Labute approximate surface area is 444 Å². The van der Waals surface area contributed by atoms with Crippen LogP contribution in [0.25, 0.3) is 0 Å². The average molecular weight is 1050 g/mol. The van der Waals surface area contributed by atoms with Gasteiger partial charge in [-0.3, -0.25) is 4.79 Å². The van der Waals surface area contributed by atoms with Crippen molar-refractivity contribution in [2.24, 2.45) is 0 Å². The summed E-state index contributed by atoms with van der Waals surface area (Å²) >= 11 is 0. The molecule has 0 aromatic carbocycles. The second kappa shape index (κ2) is 46.0. The Bertz CT molecular complexity index is 1230. The highest BCUT2D eigenvalue weighted by Gasteiger charge is 2.51. The van der Waals surface area contributed by atoms with Crippen molar-refractivity contribution in [3.63, 3.8) is 0 Å². The van der Waals surface area contributed by atoms with Crippen molar-refractivity contribution < 1.29 is 64.6 Å². The van der Waals surface area contributed by atoms with Gasteiger partial charge in [0.1, 0.15) is 48.8 Å². The van der Waals surface area contributed by atoms with Gasteiger partial charge in [-0.2, -0.15) is 0 Å². The van der Waals surface area contributed by atoms with E-state index in [0.29, 0.717) is 12.8 Å². The maximum atomic E-state index is 13.2. The first-order valence-corrected chi connectivity index (χ1v) is 30.8. The molecule has 0 saturated carbocycles. The van der Waals surface area contributed by atoms with Crippen molar-refractivity contribution in [3.8, 4) is 0 Å². The Hall–Kier alpha value is -1.01. The number of hydrogen-bond donors (Lipinski definition) is 9. The van der Waals surface area contributed by atoms with Gasteiger partial charge >= 0.3 is 0 Å². The van der Waals surface area contributed by atoms with Crippen LogP contribution in [0.3, 0.4) is 0 Å². The molecule has 2 fully saturated rings. The summed E-state index contributed by atoms with van der Waals surface area (Å²) in [4.78, 5) is 13.2. The Morgan fingerprint density at radius 3 is 1.16 bits per heavy atom. The zero-order valence-electron chi connectivity index (χ0n) is 46.7. The number of ether oxygens (including phenoxy) is 4. The first-order valence-electron chi connectivity index (χ1n) is 30.8. The van der Waals surface area contributed by atoms with Crippen LogP contribution in [0.4, 0.5) is 0 Å². The molecular weight excluding hydrogens is 931 g/mol. The third-order valence-electron chi connectivity index (χ3n) is 15.6. The van der Waals surface area contributed by atoms with Crippen molar-refractivity contribution in [2.75, 3.05) is 19.8 Å². The minimum Gasteiger partial charge on any atom is -0.394 e. The third kappa shape index (κ3) is 31.9. The van der Waals surface area contributed by atoms with Gasteiger partial charge in [0.05, 0.1) is 32.0 Å². The number of amides is 1. The number of carbonyl (C=O) groups is 1. The zero-order chi connectivity index (χ0) is 53.2. The first-order chi connectivity index (χ1) is 35.6. The van der Waals surface area contributed by atoms with E-state index in [1.165, 1.54) is 199 Å². The highest BCUT2D eigenvalue weighted by Crippen LogP contribution is 2.30. The van der Waals surface area contributed by atoms with Crippen LogP contribution in [-0.4, -0.2) is 140 Å². The van der Waals surface area contributed by atoms with Gasteiger partial charge < -0.3 is 65.1 Å². The van der Waals surface area contributed by atoms with Crippen molar-refractivity contribution in [2.45, 2.75) is 351 Å². The topological polar surface area (TPSA) is 228 Å². The largest absolute Gasteiger partial charge is 0.394 e. The molecular formula is C59H115NO13. The molecule has 1 amide bonds.